The molecule has 8 nitrogen and oxygen atoms in total. The first-order chi connectivity index (χ1) is 10.8. The Bertz CT molecular complexity index is 626. The normalized spacial score (nSPS) is 16.0. The molecule has 3 rings (SSSR count). The average molecular weight is 320 g/mol. The second-order valence-electron chi connectivity index (χ2n) is 4.80. The summed E-state index contributed by atoms with van der Waals surface area (Å²) in [4.78, 5) is 13.6. The van der Waals surface area contributed by atoms with E-state index in [1.807, 2.05) is 0 Å². The molecule has 1 fully saturated rings. The fraction of sp³-hybridized carbons (Fsp3) is 0.462. The van der Waals surface area contributed by atoms with Gasteiger partial charge >= 0.3 is 5.88 Å². The molecule has 0 aliphatic carbocycles. The largest absolute Gasteiger partial charge is 0.861 e. The molecule has 0 saturated carbocycles. The van der Waals surface area contributed by atoms with Crippen molar-refractivity contribution in [3.63, 3.8) is 0 Å². The molecule has 0 atom stereocenters. The lowest BCUT2D eigenvalue weighted by atomic mass is 10.2. The van der Waals surface area contributed by atoms with Crippen LogP contribution in [-0.4, -0.2) is 40.0 Å². The van der Waals surface area contributed by atoms with Crippen molar-refractivity contribution in [2.45, 2.75) is 24.4 Å². The Hall–Kier alpha value is -2.16. The molecule has 3 heterocycles. The van der Waals surface area contributed by atoms with E-state index in [1.165, 1.54) is 18.2 Å². The van der Waals surface area contributed by atoms with Gasteiger partial charge in [0.05, 0.1) is 17.9 Å². The topological polar surface area (TPSA) is 94.3 Å². The minimum Gasteiger partial charge on any atom is -0.861 e. The van der Waals surface area contributed by atoms with Crippen LogP contribution in [-0.2, 0) is 0 Å². The predicted octanol–water partition coefficient (Wildman–Crippen LogP) is 0.0566. The van der Waals surface area contributed by atoms with Crippen LogP contribution in [0.2, 0.25) is 0 Å². The zero-order valence-corrected chi connectivity index (χ0v) is 12.8. The molecule has 1 saturated heterocycles. The van der Waals surface area contributed by atoms with Gasteiger partial charge in [-0.05, 0) is 31.2 Å². The number of aromatic nitrogens is 4. The summed E-state index contributed by atoms with van der Waals surface area (Å²) in [5, 5.41) is 18.3. The van der Waals surface area contributed by atoms with Crippen LogP contribution < -0.4 is 14.9 Å². The number of hydrogen-bond donors (Lipinski definition) is 0. The zero-order chi connectivity index (χ0) is 15.2. The molecule has 2 aromatic heterocycles. The van der Waals surface area contributed by atoms with Crippen LogP contribution in [0.3, 0.4) is 0 Å². The Kier molecular flexibility index (Phi) is 4.84. The van der Waals surface area contributed by atoms with Gasteiger partial charge in [0, 0.05) is 18.1 Å². The third-order valence-electron chi connectivity index (χ3n) is 3.17. The molecule has 22 heavy (non-hydrogen) atoms. The van der Waals surface area contributed by atoms with Crippen molar-refractivity contribution in [2.75, 3.05) is 23.9 Å². The minimum absolute atomic E-state index is 0.161. The summed E-state index contributed by atoms with van der Waals surface area (Å²) in [6, 6.07) is 1.73. The molecular weight excluding hydrogens is 304 g/mol. The van der Waals surface area contributed by atoms with Crippen LogP contribution in [0, 0.1) is 0 Å². The Balaban J connectivity index is 1.58. The van der Waals surface area contributed by atoms with E-state index in [0.717, 1.165) is 25.9 Å². The second kappa shape index (κ2) is 7.21. The van der Waals surface area contributed by atoms with Gasteiger partial charge in [0.2, 0.25) is 5.27 Å². The molecule has 1 aliphatic rings. The molecule has 0 N–H and O–H groups in total. The van der Waals surface area contributed by atoms with Crippen molar-refractivity contribution in [1.82, 2.24) is 15.2 Å². The molecule has 2 aromatic rings. The molecule has 0 aromatic carbocycles. The zero-order valence-electron chi connectivity index (χ0n) is 12.0. The monoisotopic (exact) mass is 320 g/mol. The second-order valence-corrected chi connectivity index (χ2v) is 5.74. The first-order valence-electron chi connectivity index (χ1n) is 7.09. The van der Waals surface area contributed by atoms with E-state index in [2.05, 4.69) is 25.2 Å². The quantitative estimate of drug-likeness (QED) is 0.253. The number of hydrogen-bond acceptors (Lipinski definition) is 8. The van der Waals surface area contributed by atoms with E-state index in [9.17, 15) is 5.11 Å². The highest BCUT2D eigenvalue weighted by Gasteiger charge is 2.22. The van der Waals surface area contributed by atoms with Gasteiger partial charge in [0.25, 0.3) is 6.20 Å². The van der Waals surface area contributed by atoms with Crippen LogP contribution in [0.15, 0.2) is 39.3 Å². The molecule has 0 spiro atoms. The standard InChI is InChI=1S/C13H16N6O2S/c20-11(10-22-13-14-5-4-6-15-13)16-12-9-19(17-21-12)18-7-2-1-3-8-18/h4-6,9H,1-3,7-8,10H2. The lowest BCUT2D eigenvalue weighted by Gasteiger charge is -2.17. The summed E-state index contributed by atoms with van der Waals surface area (Å²) < 4.78 is 5.08. The number of aliphatic imine (C=N–C) groups is 1. The summed E-state index contributed by atoms with van der Waals surface area (Å²) in [6.45, 7) is 1.87. The highest BCUT2D eigenvalue weighted by molar-refractivity contribution is 7.99. The highest BCUT2D eigenvalue weighted by atomic mass is 32.2. The number of nitrogens with zero attached hydrogens (tertiary/aromatic N) is 6. The van der Waals surface area contributed by atoms with Crippen molar-refractivity contribution in [3.05, 3.63) is 24.7 Å². The Morgan fingerprint density at radius 1 is 1.32 bits per heavy atom. The van der Waals surface area contributed by atoms with E-state index in [-0.39, 0.29) is 17.5 Å². The van der Waals surface area contributed by atoms with Crippen molar-refractivity contribution >= 4 is 23.5 Å². The summed E-state index contributed by atoms with van der Waals surface area (Å²) in [5.74, 6) is 0.0681. The Morgan fingerprint density at radius 3 is 2.86 bits per heavy atom. The van der Waals surface area contributed by atoms with Gasteiger partial charge in [-0.1, -0.05) is 11.8 Å². The maximum absolute atomic E-state index is 11.8. The summed E-state index contributed by atoms with van der Waals surface area (Å²) in [6.07, 6.45) is 8.41. The summed E-state index contributed by atoms with van der Waals surface area (Å²) >= 11 is 1.24. The van der Waals surface area contributed by atoms with Gasteiger partial charge in [0.1, 0.15) is 0 Å². The van der Waals surface area contributed by atoms with Crippen molar-refractivity contribution in [1.29, 1.82) is 0 Å². The van der Waals surface area contributed by atoms with E-state index in [0.29, 0.717) is 5.16 Å². The summed E-state index contributed by atoms with van der Waals surface area (Å²) in [7, 11) is 0. The number of piperidine rings is 1. The van der Waals surface area contributed by atoms with Gasteiger partial charge in [-0.25, -0.2) is 15.0 Å². The van der Waals surface area contributed by atoms with Crippen molar-refractivity contribution in [2.24, 2.45) is 4.99 Å². The first-order valence-corrected chi connectivity index (χ1v) is 8.08. The van der Waals surface area contributed by atoms with Gasteiger partial charge in [-0.3, -0.25) is 4.52 Å². The molecule has 0 amide bonds. The molecule has 0 bridgehead atoms. The van der Waals surface area contributed by atoms with Gasteiger partial charge in [0.15, 0.2) is 5.16 Å². The van der Waals surface area contributed by atoms with Crippen LogP contribution in [0.5, 0.6) is 0 Å². The lowest BCUT2D eigenvalue weighted by Crippen LogP contribution is -2.60. The van der Waals surface area contributed by atoms with Gasteiger partial charge in [-0.15, -0.1) is 0 Å². The van der Waals surface area contributed by atoms with Crippen molar-refractivity contribution in [3.8, 4) is 0 Å². The third kappa shape index (κ3) is 3.94. The smallest absolute Gasteiger partial charge is 0.324 e. The van der Waals surface area contributed by atoms with Crippen molar-refractivity contribution < 1.29 is 14.4 Å². The summed E-state index contributed by atoms with van der Waals surface area (Å²) in [5.41, 5.74) is 0. The fourth-order valence-corrected chi connectivity index (χ4v) is 2.72. The molecule has 0 radical (unpaired) electrons. The molecule has 1 aliphatic heterocycles. The number of thioether (sulfide) groups is 1. The maximum atomic E-state index is 11.8. The molecule has 0 unspecified atom stereocenters. The molecular formula is C13H16N6O2S. The fourth-order valence-electron chi connectivity index (χ4n) is 2.14. The van der Waals surface area contributed by atoms with E-state index >= 15 is 0 Å². The van der Waals surface area contributed by atoms with Crippen LogP contribution in [0.4, 0.5) is 5.88 Å². The minimum atomic E-state index is -0.306. The Labute approximate surface area is 131 Å². The van der Waals surface area contributed by atoms with Crippen LogP contribution >= 0.6 is 11.8 Å². The van der Waals surface area contributed by atoms with E-state index < -0.39 is 0 Å². The SMILES string of the molecule is [O-]/C(CSc1ncccn1)=N/c1c[n+](N2CCCCC2)no1. The lowest BCUT2D eigenvalue weighted by molar-refractivity contribution is -0.759. The molecule has 116 valence electrons. The average Bonchev–Trinajstić information content (AvgIpc) is 3.03. The van der Waals surface area contributed by atoms with Gasteiger partial charge < -0.3 is 5.11 Å². The maximum Gasteiger partial charge on any atom is 0.324 e. The van der Waals surface area contributed by atoms with E-state index in [4.69, 9.17) is 4.52 Å². The first kappa shape index (κ1) is 14.8. The third-order valence-corrected chi connectivity index (χ3v) is 4.03. The van der Waals surface area contributed by atoms with Crippen LogP contribution in [0.1, 0.15) is 19.3 Å². The molecule has 9 heteroatoms. The highest BCUT2D eigenvalue weighted by Crippen LogP contribution is 2.13. The number of rotatable bonds is 5. The van der Waals surface area contributed by atoms with E-state index in [1.54, 1.807) is 29.4 Å². The van der Waals surface area contributed by atoms with Crippen LogP contribution in [0.25, 0.3) is 0 Å². The predicted molar refractivity (Wildman–Crippen MR) is 78.4 cm³/mol. The Morgan fingerprint density at radius 2 is 2.09 bits per heavy atom. The van der Waals surface area contributed by atoms with Gasteiger partial charge in [-0.2, -0.15) is 5.01 Å².